The first-order valence-electron chi connectivity index (χ1n) is 23.6. The summed E-state index contributed by atoms with van der Waals surface area (Å²) in [4.78, 5) is 12.8. The van der Waals surface area contributed by atoms with Crippen molar-refractivity contribution in [1.82, 2.24) is 4.90 Å². The molecule has 0 bridgehead atoms. The van der Waals surface area contributed by atoms with Crippen LogP contribution in [0, 0.1) is 11.8 Å². The zero-order valence-electron chi connectivity index (χ0n) is 37.3. The third-order valence-corrected chi connectivity index (χ3v) is 10.6. The van der Waals surface area contributed by atoms with E-state index in [0.717, 1.165) is 32.4 Å². The fourth-order valence-electron chi connectivity index (χ4n) is 6.98. The van der Waals surface area contributed by atoms with E-state index in [-0.39, 0.29) is 21.1 Å². The molecule has 0 fully saturated rings. The predicted octanol–water partition coefficient (Wildman–Crippen LogP) is 13.2. The van der Waals surface area contributed by atoms with Crippen molar-refractivity contribution in [3.05, 3.63) is 0 Å². The first-order valence-corrected chi connectivity index (χ1v) is 23.6. The van der Waals surface area contributed by atoms with Gasteiger partial charge >= 0.3 is 0 Å². The molecule has 7 heteroatoms. The normalized spacial score (nSPS) is 11.9. The monoisotopic (exact) mass is 942 g/mol. The molecule has 54 heavy (non-hydrogen) atoms. The van der Waals surface area contributed by atoms with Gasteiger partial charge in [-0.3, -0.25) is 4.79 Å². The first-order chi connectivity index (χ1) is 26.0. The summed E-state index contributed by atoms with van der Waals surface area (Å²) < 4.78 is 4.97. The Bertz CT molecular complexity index is 617. The van der Waals surface area contributed by atoms with Crippen LogP contribution in [0.5, 0.6) is 0 Å². The number of hydrogen-bond donors (Lipinski definition) is 3. The molecule has 0 radical (unpaired) electrons. The molecule has 0 aromatic rings. The maximum atomic E-state index is 10.3. The zero-order valence-corrected chi connectivity index (χ0v) is 40.3. The molecule has 328 valence electrons. The molecule has 0 aliphatic carbocycles. The summed E-state index contributed by atoms with van der Waals surface area (Å²) in [5.41, 5.74) is 0. The summed E-state index contributed by atoms with van der Waals surface area (Å²) in [6.45, 7) is 16.8. The van der Waals surface area contributed by atoms with E-state index in [1.165, 1.54) is 193 Å². The average Bonchev–Trinajstić information content (AvgIpc) is 3.18. The molecule has 0 saturated carbocycles. The van der Waals surface area contributed by atoms with Gasteiger partial charge in [-0.25, -0.2) is 0 Å². The molecule has 3 N–H and O–H groups in total. The number of carbonyl (C=O) groups excluding carboxylic acids is 1. The number of rotatable bonds is 41. The van der Waals surface area contributed by atoms with Gasteiger partial charge in [0, 0.05) is 47.4 Å². The Morgan fingerprint density at radius 2 is 0.741 bits per heavy atom. The van der Waals surface area contributed by atoms with Crippen LogP contribution in [0.4, 0.5) is 0 Å². The van der Waals surface area contributed by atoms with Gasteiger partial charge in [0.1, 0.15) is 0 Å². The van der Waals surface area contributed by atoms with Crippen LogP contribution < -0.4 is 0 Å². The van der Waals surface area contributed by atoms with Crippen LogP contribution in [0.2, 0.25) is 0 Å². The first kappa shape index (κ1) is 60.7. The van der Waals surface area contributed by atoms with E-state index in [9.17, 15) is 9.90 Å². The number of carbonyl (C=O) groups is 1. The van der Waals surface area contributed by atoms with E-state index in [1.54, 1.807) is 0 Å². The molecule has 0 aliphatic heterocycles. The Morgan fingerprint density at radius 3 is 1.11 bits per heavy atom. The van der Waals surface area contributed by atoms with E-state index in [4.69, 9.17) is 14.9 Å². The molecule has 0 amide bonds. The van der Waals surface area contributed by atoms with E-state index < -0.39 is 0 Å². The SMILES string of the molecule is CCCCCCCCC(CCCCCC)COC=O.CCCCCCCCC(CO)CCCCCC.CCCCCCN(CCCO)CCCCCO.[W]. The second-order valence-corrected chi connectivity index (χ2v) is 15.9. The molecule has 2 unspecified atom stereocenters. The van der Waals surface area contributed by atoms with Crippen LogP contribution >= 0.6 is 0 Å². The Kier molecular flexibility index (Phi) is 64.4. The molecule has 0 aromatic carbocycles. The maximum absolute atomic E-state index is 10.3. The number of nitrogens with zero attached hydrogens (tertiary/aromatic N) is 1. The van der Waals surface area contributed by atoms with E-state index in [1.807, 2.05) is 0 Å². The van der Waals surface area contributed by atoms with E-state index in [0.29, 0.717) is 44.7 Å². The van der Waals surface area contributed by atoms with Crippen molar-refractivity contribution in [2.75, 3.05) is 46.1 Å². The van der Waals surface area contributed by atoms with Crippen molar-refractivity contribution in [2.45, 2.75) is 240 Å². The van der Waals surface area contributed by atoms with Crippen LogP contribution in [-0.2, 0) is 30.6 Å². The topological polar surface area (TPSA) is 90.2 Å². The van der Waals surface area contributed by atoms with Crippen molar-refractivity contribution in [3.8, 4) is 0 Å². The number of unbranched alkanes of at least 4 members (excludes halogenated alkanes) is 21. The van der Waals surface area contributed by atoms with Crippen molar-refractivity contribution in [2.24, 2.45) is 11.8 Å². The minimum Gasteiger partial charge on any atom is -0.468 e. The Hall–Kier alpha value is -0.00169. The van der Waals surface area contributed by atoms with Gasteiger partial charge in [-0.15, -0.1) is 0 Å². The summed E-state index contributed by atoms with van der Waals surface area (Å²) in [5, 5.41) is 26.9. The summed E-state index contributed by atoms with van der Waals surface area (Å²) >= 11 is 0. The second kappa shape index (κ2) is 57.3. The van der Waals surface area contributed by atoms with Crippen LogP contribution in [0.3, 0.4) is 0 Å². The quantitative estimate of drug-likeness (QED) is 0.0418. The largest absolute Gasteiger partial charge is 0.468 e. The van der Waals surface area contributed by atoms with Crippen LogP contribution in [0.15, 0.2) is 0 Å². The van der Waals surface area contributed by atoms with Gasteiger partial charge in [-0.2, -0.15) is 0 Å². The van der Waals surface area contributed by atoms with Crippen molar-refractivity contribution >= 4 is 6.47 Å². The number of aliphatic hydroxyl groups excluding tert-OH is 3. The van der Waals surface area contributed by atoms with Crippen LogP contribution in [0.25, 0.3) is 0 Å². The minimum atomic E-state index is 0. The fraction of sp³-hybridized carbons (Fsp3) is 0.979. The van der Waals surface area contributed by atoms with Gasteiger partial charge < -0.3 is 25.0 Å². The molecule has 0 spiro atoms. The summed E-state index contributed by atoms with van der Waals surface area (Å²) in [6, 6.07) is 0. The van der Waals surface area contributed by atoms with Crippen molar-refractivity contribution in [1.29, 1.82) is 0 Å². The minimum absolute atomic E-state index is 0. The van der Waals surface area contributed by atoms with Gasteiger partial charge in [0.25, 0.3) is 6.47 Å². The molecule has 0 aromatic heterocycles. The zero-order chi connectivity index (χ0) is 39.7. The summed E-state index contributed by atoms with van der Waals surface area (Å²) in [5.74, 6) is 1.17. The van der Waals surface area contributed by atoms with Gasteiger partial charge in [0.2, 0.25) is 0 Å². The molecular weight excluding hydrogens is 842 g/mol. The summed E-state index contributed by atoms with van der Waals surface area (Å²) in [6.07, 6.45) is 41.1. The molecule has 6 nitrogen and oxygen atoms in total. The Balaban J connectivity index is -0.000000345. The average molecular weight is 942 g/mol. The van der Waals surface area contributed by atoms with Gasteiger partial charge in [0.05, 0.1) is 6.61 Å². The van der Waals surface area contributed by atoms with Crippen molar-refractivity contribution in [3.63, 3.8) is 0 Å². The molecule has 0 aliphatic rings. The molecule has 0 heterocycles. The smallest absolute Gasteiger partial charge is 0.293 e. The molecule has 2 atom stereocenters. The molecule has 0 saturated heterocycles. The van der Waals surface area contributed by atoms with E-state index in [2.05, 4.69) is 39.5 Å². The predicted molar refractivity (Wildman–Crippen MR) is 233 cm³/mol. The number of ether oxygens (including phenoxy) is 1. The number of hydrogen-bond acceptors (Lipinski definition) is 6. The maximum Gasteiger partial charge on any atom is 0.293 e. The standard InChI is InChI=1S/C17H34O2.C16H34O.C14H31NO2.W/c1-3-5-7-9-10-12-14-17(15-19-16-18)13-11-8-6-4-2;1-3-5-7-9-10-12-14-16(15-17)13-11-8-6-4-2;1-2-3-4-6-10-15(12-9-14-17)11-7-5-8-13-16;/h16-17H,3-15H2,1-2H3;16-17H,3-15H2,1-2H3;16-17H,2-14H2,1H3;. The van der Waals surface area contributed by atoms with Gasteiger partial charge in [0.15, 0.2) is 0 Å². The van der Waals surface area contributed by atoms with Gasteiger partial charge in [-0.05, 0) is 82.7 Å². The Morgan fingerprint density at radius 1 is 0.426 bits per heavy atom. The molecule has 0 rings (SSSR count). The van der Waals surface area contributed by atoms with Crippen LogP contribution in [0.1, 0.15) is 240 Å². The second-order valence-electron chi connectivity index (χ2n) is 15.9. The fourth-order valence-corrected chi connectivity index (χ4v) is 6.98. The van der Waals surface area contributed by atoms with Crippen molar-refractivity contribution < 1.29 is 45.9 Å². The number of aliphatic hydroxyl groups is 3. The van der Waals surface area contributed by atoms with Crippen LogP contribution in [-0.4, -0.2) is 72.8 Å². The Labute approximate surface area is 353 Å². The van der Waals surface area contributed by atoms with E-state index >= 15 is 0 Å². The third kappa shape index (κ3) is 54.1. The third-order valence-electron chi connectivity index (χ3n) is 10.6. The molecular formula is C47H99NO5W. The summed E-state index contributed by atoms with van der Waals surface area (Å²) in [7, 11) is 0. The van der Waals surface area contributed by atoms with Gasteiger partial charge in [-0.1, -0.05) is 182 Å².